The van der Waals surface area contributed by atoms with E-state index in [0.717, 1.165) is 100 Å². The number of methoxy groups -OCH3 is 2. The molecule has 402 valence electrons. The van der Waals surface area contributed by atoms with E-state index in [2.05, 4.69) is 60.6 Å². The number of halogens is 3. The van der Waals surface area contributed by atoms with Gasteiger partial charge in [0.2, 0.25) is 5.91 Å². The molecule has 2 aromatic heterocycles. The van der Waals surface area contributed by atoms with Crippen molar-refractivity contribution in [2.75, 3.05) is 40.5 Å². The number of oxime groups is 1. The van der Waals surface area contributed by atoms with Gasteiger partial charge in [0, 0.05) is 110 Å². The number of hydrogen-bond acceptors (Lipinski definition) is 12. The molecule has 2 saturated heterocycles. The highest BCUT2D eigenvalue weighted by Gasteiger charge is 2.33. The lowest BCUT2D eigenvalue weighted by molar-refractivity contribution is -0.131. The number of amidine groups is 1. The van der Waals surface area contributed by atoms with Crippen molar-refractivity contribution in [3.8, 4) is 22.9 Å². The number of carbonyl (C=O) groups is 1. The van der Waals surface area contributed by atoms with Crippen molar-refractivity contribution in [2.45, 2.75) is 71.4 Å². The summed E-state index contributed by atoms with van der Waals surface area (Å²) in [7, 11) is 10.6. The molecule has 0 spiro atoms. The lowest BCUT2D eigenvalue weighted by Crippen LogP contribution is -2.40. The quantitative estimate of drug-likeness (QED) is 0.0927. The molecule has 1 amide bonds. The Hall–Kier alpha value is -5.63. The second-order valence-corrected chi connectivity index (χ2v) is 26.6. The van der Waals surface area contributed by atoms with Gasteiger partial charge < -0.3 is 38.1 Å². The number of rotatable bonds is 12. The second kappa shape index (κ2) is 28.7. The Bertz CT molecular complexity index is 3300. The van der Waals surface area contributed by atoms with E-state index in [4.69, 9.17) is 25.0 Å². The van der Waals surface area contributed by atoms with E-state index in [0.29, 0.717) is 42.9 Å². The molecule has 9 rings (SSSR count). The predicted octanol–water partition coefficient (Wildman–Crippen LogP) is 10.1. The number of ether oxygens (including phenoxy) is 2. The summed E-state index contributed by atoms with van der Waals surface area (Å²) < 4.78 is 57.2. The molecule has 6 aromatic rings. The minimum absolute atomic E-state index is 0.0285. The Morgan fingerprint density at radius 3 is 1.89 bits per heavy atom. The molecule has 3 aliphatic rings. The Balaban J connectivity index is 0.000000197. The third-order valence-electron chi connectivity index (χ3n) is 12.6. The average Bonchev–Trinajstić information content (AvgIpc) is 3.99. The summed E-state index contributed by atoms with van der Waals surface area (Å²) in [5.41, 5.74) is 9.43. The fourth-order valence-electron chi connectivity index (χ4n) is 9.37. The number of aromatic nitrogens is 4. The van der Waals surface area contributed by atoms with Crippen molar-refractivity contribution in [3.05, 3.63) is 166 Å². The molecule has 4 aromatic carbocycles. The first-order valence-corrected chi connectivity index (χ1v) is 32.0. The Morgan fingerprint density at radius 1 is 0.763 bits per heavy atom. The van der Waals surface area contributed by atoms with Crippen LogP contribution in [0.2, 0.25) is 0 Å². The summed E-state index contributed by atoms with van der Waals surface area (Å²) in [6, 6.07) is 19.9. The molecule has 76 heavy (non-hydrogen) atoms. The lowest BCUT2D eigenvalue weighted by atomic mass is 9.94. The number of aryl methyl sites for hydroxylation is 3. The van der Waals surface area contributed by atoms with Crippen molar-refractivity contribution >= 4 is 90.7 Å². The van der Waals surface area contributed by atoms with E-state index in [1.807, 2.05) is 78.7 Å². The average molecular weight is 1170 g/mol. The number of carbonyl (C=O) groups excluding carboxylic acids is 1. The van der Waals surface area contributed by atoms with Crippen LogP contribution in [-0.4, -0.2) is 81.2 Å². The van der Waals surface area contributed by atoms with Gasteiger partial charge >= 0.3 is 0 Å². The van der Waals surface area contributed by atoms with Crippen LogP contribution in [0.25, 0.3) is 23.5 Å². The van der Waals surface area contributed by atoms with Gasteiger partial charge in [-0.25, -0.2) is 29.0 Å². The Kier molecular flexibility index (Phi) is 21.9. The number of benzene rings is 4. The van der Waals surface area contributed by atoms with Gasteiger partial charge in [0.15, 0.2) is 5.84 Å². The number of hydrogen-bond donors (Lipinski definition) is 1. The van der Waals surface area contributed by atoms with Gasteiger partial charge in [0.25, 0.3) is 0 Å². The molecule has 0 aliphatic carbocycles. The van der Waals surface area contributed by atoms with E-state index in [1.165, 1.54) is 29.9 Å². The number of likely N-dealkylation sites (tertiary alicyclic amines) is 1. The fraction of sp³-hybridized carbons (Fsp3) is 0.321. The number of nitrogens with zero attached hydrogens (tertiary/aromatic N) is 7. The van der Waals surface area contributed by atoms with Crippen molar-refractivity contribution in [2.24, 2.45) is 11.1 Å². The van der Waals surface area contributed by atoms with Gasteiger partial charge in [-0.1, -0.05) is 23.4 Å². The van der Waals surface area contributed by atoms with Crippen LogP contribution >= 0.6 is 0 Å². The number of nitrogens with two attached hydrogens (primary N) is 1. The first-order valence-electron chi connectivity index (χ1n) is 24.0. The van der Waals surface area contributed by atoms with Crippen LogP contribution in [0.1, 0.15) is 89.8 Å². The van der Waals surface area contributed by atoms with Gasteiger partial charge in [-0.05, 0) is 147 Å². The van der Waals surface area contributed by atoms with E-state index in [9.17, 15) is 18.0 Å². The zero-order valence-corrected chi connectivity index (χ0v) is 48.1. The molecule has 1 unspecified atom stereocenters. The first-order chi connectivity index (χ1) is 36.8. The maximum atomic E-state index is 14.2. The third-order valence-corrected chi connectivity index (χ3v) is 21.5. The van der Waals surface area contributed by atoms with Gasteiger partial charge in [-0.2, -0.15) is 0 Å². The zero-order valence-electron chi connectivity index (χ0n) is 42.4. The van der Waals surface area contributed by atoms with E-state index in [-0.39, 0.29) is 24.4 Å². The van der Waals surface area contributed by atoms with E-state index < -0.39 is 17.7 Å². The predicted molar refractivity (Wildman–Crippen MR) is 310 cm³/mol. The monoisotopic (exact) mass is 1170 g/mol. The zero-order chi connectivity index (χ0) is 54.1. The maximum Gasteiger partial charge on any atom is 0.250 e. The molecule has 0 radical (unpaired) electrons. The lowest BCUT2D eigenvalue weighted by Gasteiger charge is -2.36. The van der Waals surface area contributed by atoms with E-state index in [1.54, 1.807) is 70.5 Å². The molecule has 2 N–H and O–H groups in total. The minimum atomic E-state index is -0.695. The van der Waals surface area contributed by atoms with Crippen LogP contribution in [0.4, 0.5) is 13.2 Å². The highest BCUT2D eigenvalue weighted by atomic mass is 33.4. The van der Waals surface area contributed by atoms with Gasteiger partial charge in [0.05, 0.1) is 68.3 Å². The van der Waals surface area contributed by atoms with Crippen LogP contribution in [0.15, 0.2) is 114 Å². The molecule has 2 atom stereocenters. The first kappa shape index (κ1) is 58.1. The topological polar surface area (TPSA) is 134 Å². The van der Waals surface area contributed by atoms with Crippen LogP contribution in [-0.2, 0) is 81.2 Å². The molecule has 0 bridgehead atoms. The molecule has 2 fully saturated rings. The Labute approximate surface area is 464 Å². The smallest absolute Gasteiger partial charge is 0.250 e. The van der Waals surface area contributed by atoms with Gasteiger partial charge in [0.1, 0.15) is 35.6 Å². The standard InChI is InChI=1S/C27H29FN4O2.C26H28F2N4O3.S7/c1-18-11-22(15-23(28)12-18)24-8-10-34-30-27-21(5-4-9-32(24)27)13-20-6-7-25(26(14-20)33-3)31-16-19(2)29-17-31;1-17-15-31(16-30-17)24-6-5-18(11-25(24)34-2)10-19-4-3-8-32(26(19)33)23(7-9-35-29)20-12-21(27)14-22(28)13-20;1-3-5-7-6-4-2/h6-7,11-17,24H,4-5,8-10H2,1-3H3;5-6,10-16,23H,3-4,7-9,29H2,1-2H3;/b21-13+;19-10+;/t24-;;/m1../s1. The van der Waals surface area contributed by atoms with Gasteiger partial charge in [-0.3, -0.25) is 4.79 Å². The maximum absolute atomic E-state index is 14.2. The Morgan fingerprint density at radius 2 is 1.34 bits per heavy atom. The molecule has 0 saturated carbocycles. The molecule has 13 nitrogen and oxygen atoms in total. The number of imidazole rings is 2. The van der Waals surface area contributed by atoms with Crippen LogP contribution in [0, 0.1) is 38.2 Å². The third kappa shape index (κ3) is 15.5. The van der Waals surface area contributed by atoms with Crippen molar-refractivity contribution < 1.29 is 37.1 Å². The summed E-state index contributed by atoms with van der Waals surface area (Å²) in [5.74, 6) is 5.68. The second-order valence-electron chi connectivity index (χ2n) is 17.8. The van der Waals surface area contributed by atoms with Crippen LogP contribution in [0.5, 0.6) is 11.5 Å². The molecule has 3 aliphatic heterocycles. The van der Waals surface area contributed by atoms with Crippen molar-refractivity contribution in [1.82, 2.24) is 28.9 Å². The summed E-state index contributed by atoms with van der Waals surface area (Å²) in [4.78, 5) is 36.3. The largest absolute Gasteiger partial charge is 0.495 e. The highest BCUT2D eigenvalue weighted by molar-refractivity contribution is 8.68. The molecular formula is C53H57F3N8O5S7. The SMILES string of the molecule is COc1cc(/C=C2\CCCN(C(CCON)c3cc(F)cc(F)c3)C2=O)ccc1-n1cnc(C)c1.COc1cc(/C=C2\CCCN3C2=NOCC[C@@H]3c2cc(C)cc(F)c2)ccc1-n1cnc(C)c1.S=S=S=S=S=S=S. The normalized spacial score (nSPS) is 16.6. The van der Waals surface area contributed by atoms with Crippen LogP contribution < -0.4 is 15.4 Å². The van der Waals surface area contributed by atoms with Crippen molar-refractivity contribution in [3.63, 3.8) is 0 Å². The van der Waals surface area contributed by atoms with E-state index >= 15 is 0 Å². The number of fused-ring (bicyclic) bond motifs is 1. The summed E-state index contributed by atoms with van der Waals surface area (Å²) in [6.07, 6.45) is 15.7. The van der Waals surface area contributed by atoms with Crippen molar-refractivity contribution in [1.29, 1.82) is 0 Å². The summed E-state index contributed by atoms with van der Waals surface area (Å²) in [5, 5.41) is 4.49. The molecular weight excluding hydrogens is 1110 g/mol. The summed E-state index contributed by atoms with van der Waals surface area (Å²) >= 11 is 9.14. The molecule has 5 heterocycles. The number of piperidine rings is 2. The van der Waals surface area contributed by atoms with Crippen LogP contribution in [0.3, 0.4) is 0 Å². The van der Waals surface area contributed by atoms with Gasteiger partial charge in [-0.15, -0.1) is 0 Å². The fourth-order valence-corrected chi connectivity index (χ4v) is 17.6. The summed E-state index contributed by atoms with van der Waals surface area (Å²) in [6.45, 7) is 7.77. The number of amides is 1. The highest BCUT2D eigenvalue weighted by Crippen LogP contribution is 2.36. The molecule has 23 heteroatoms. The minimum Gasteiger partial charge on any atom is -0.495 e.